The fraction of sp³-hybridized carbons (Fsp3) is 0.600. The second-order valence-corrected chi connectivity index (χ2v) is 5.09. The number of hydrogen-bond donors (Lipinski definition) is 1. The molecule has 0 radical (unpaired) electrons. The van der Waals surface area contributed by atoms with Crippen molar-refractivity contribution < 1.29 is 0 Å². The first-order valence-corrected chi connectivity index (χ1v) is 6.53. The zero-order chi connectivity index (χ0) is 11.5. The molecule has 16 heavy (non-hydrogen) atoms. The Labute approximate surface area is 99.3 Å². The topological polar surface area (TPSA) is 12.0 Å². The fourth-order valence-electron chi connectivity index (χ4n) is 2.70. The van der Waals surface area contributed by atoms with Crippen LogP contribution in [-0.2, 0) is 0 Å². The van der Waals surface area contributed by atoms with Gasteiger partial charge in [-0.1, -0.05) is 37.1 Å². The summed E-state index contributed by atoms with van der Waals surface area (Å²) in [6.45, 7) is 7.68. The summed E-state index contributed by atoms with van der Waals surface area (Å²) in [5.41, 5.74) is 4.32. The maximum absolute atomic E-state index is 3.66. The Kier molecular flexibility index (Phi) is 3.65. The van der Waals surface area contributed by atoms with Crippen LogP contribution in [0.25, 0.3) is 0 Å². The van der Waals surface area contributed by atoms with Gasteiger partial charge in [-0.15, -0.1) is 0 Å². The van der Waals surface area contributed by atoms with Crippen molar-refractivity contribution in [2.24, 2.45) is 5.92 Å². The molecule has 1 heteroatoms. The highest BCUT2D eigenvalue weighted by molar-refractivity contribution is 5.33. The lowest BCUT2D eigenvalue weighted by Crippen LogP contribution is -2.32. The Bertz CT molecular complexity index is 352. The number of rotatable bonds is 4. The van der Waals surface area contributed by atoms with Gasteiger partial charge in [0, 0.05) is 6.04 Å². The molecule has 0 heterocycles. The minimum Gasteiger partial charge on any atom is -0.310 e. The van der Waals surface area contributed by atoms with Crippen molar-refractivity contribution in [2.45, 2.75) is 46.1 Å². The molecule has 1 saturated carbocycles. The van der Waals surface area contributed by atoms with Gasteiger partial charge in [0.2, 0.25) is 0 Å². The highest BCUT2D eigenvalue weighted by Gasteiger charge is 2.28. The minimum atomic E-state index is 0.583. The van der Waals surface area contributed by atoms with Gasteiger partial charge in [0.1, 0.15) is 0 Å². The Hall–Kier alpha value is -0.820. The van der Waals surface area contributed by atoms with Crippen molar-refractivity contribution >= 4 is 0 Å². The van der Waals surface area contributed by atoms with Crippen LogP contribution in [0.1, 0.15) is 48.9 Å². The molecule has 2 rings (SSSR count). The molecule has 1 aromatic rings. The molecule has 1 nitrogen and oxygen atoms in total. The van der Waals surface area contributed by atoms with Gasteiger partial charge in [-0.05, 0) is 50.3 Å². The lowest BCUT2D eigenvalue weighted by Gasteiger charge is -2.35. The summed E-state index contributed by atoms with van der Waals surface area (Å²) < 4.78 is 0. The van der Waals surface area contributed by atoms with E-state index < -0.39 is 0 Å². The standard InChI is InChI=1S/C15H23N/c1-4-16-15(13-6-5-7-13)14-9-8-11(2)10-12(14)3/h8-10,13,15-16H,4-7H2,1-3H3. The average Bonchev–Trinajstić information content (AvgIpc) is 2.14. The molecule has 1 N–H and O–H groups in total. The highest BCUT2D eigenvalue weighted by Crippen LogP contribution is 2.38. The largest absolute Gasteiger partial charge is 0.310 e. The normalized spacial score (nSPS) is 18.2. The second-order valence-electron chi connectivity index (χ2n) is 5.09. The zero-order valence-electron chi connectivity index (χ0n) is 10.7. The number of aryl methyl sites for hydroxylation is 2. The van der Waals surface area contributed by atoms with Crippen molar-refractivity contribution in [3.05, 3.63) is 34.9 Å². The molecule has 1 fully saturated rings. The quantitative estimate of drug-likeness (QED) is 0.810. The predicted molar refractivity (Wildman–Crippen MR) is 69.7 cm³/mol. The van der Waals surface area contributed by atoms with Gasteiger partial charge in [-0.3, -0.25) is 0 Å². The molecule has 1 aliphatic carbocycles. The van der Waals surface area contributed by atoms with Gasteiger partial charge >= 0.3 is 0 Å². The minimum absolute atomic E-state index is 0.583. The van der Waals surface area contributed by atoms with E-state index in [1.165, 1.54) is 36.0 Å². The third kappa shape index (κ3) is 2.30. The van der Waals surface area contributed by atoms with E-state index in [4.69, 9.17) is 0 Å². The van der Waals surface area contributed by atoms with Gasteiger partial charge in [-0.2, -0.15) is 0 Å². The molecule has 1 aliphatic rings. The summed E-state index contributed by atoms with van der Waals surface area (Å²) >= 11 is 0. The van der Waals surface area contributed by atoms with Crippen molar-refractivity contribution in [1.29, 1.82) is 0 Å². The molecule has 0 saturated heterocycles. The van der Waals surface area contributed by atoms with Crippen LogP contribution in [0.4, 0.5) is 0 Å². The van der Waals surface area contributed by atoms with E-state index in [0.717, 1.165) is 12.5 Å². The van der Waals surface area contributed by atoms with E-state index in [1.807, 2.05) is 0 Å². The first kappa shape index (κ1) is 11.7. The van der Waals surface area contributed by atoms with Crippen LogP contribution in [0, 0.1) is 19.8 Å². The predicted octanol–water partition coefficient (Wildman–Crippen LogP) is 3.75. The van der Waals surface area contributed by atoms with E-state index in [2.05, 4.69) is 44.3 Å². The zero-order valence-corrected chi connectivity index (χ0v) is 10.7. The summed E-state index contributed by atoms with van der Waals surface area (Å²) in [5.74, 6) is 0.862. The lowest BCUT2D eigenvalue weighted by molar-refractivity contribution is 0.232. The van der Waals surface area contributed by atoms with E-state index >= 15 is 0 Å². The van der Waals surface area contributed by atoms with E-state index in [-0.39, 0.29) is 0 Å². The van der Waals surface area contributed by atoms with Crippen LogP contribution in [0.5, 0.6) is 0 Å². The molecule has 0 amide bonds. The van der Waals surface area contributed by atoms with Crippen LogP contribution < -0.4 is 5.32 Å². The molecular weight excluding hydrogens is 194 g/mol. The Morgan fingerprint density at radius 1 is 1.31 bits per heavy atom. The maximum atomic E-state index is 3.66. The Balaban J connectivity index is 2.23. The average molecular weight is 217 g/mol. The lowest BCUT2D eigenvalue weighted by atomic mass is 9.76. The van der Waals surface area contributed by atoms with E-state index in [1.54, 1.807) is 0 Å². The van der Waals surface area contributed by atoms with Gasteiger partial charge in [-0.25, -0.2) is 0 Å². The molecule has 1 atom stereocenters. The van der Waals surface area contributed by atoms with E-state index in [9.17, 15) is 0 Å². The second kappa shape index (κ2) is 5.01. The highest BCUT2D eigenvalue weighted by atomic mass is 14.9. The number of hydrogen-bond acceptors (Lipinski definition) is 1. The Morgan fingerprint density at radius 3 is 2.56 bits per heavy atom. The summed E-state index contributed by atoms with van der Waals surface area (Å²) in [6.07, 6.45) is 4.20. The molecular formula is C15H23N. The van der Waals surface area contributed by atoms with Crippen molar-refractivity contribution in [3.8, 4) is 0 Å². The monoisotopic (exact) mass is 217 g/mol. The summed E-state index contributed by atoms with van der Waals surface area (Å²) in [4.78, 5) is 0. The third-order valence-corrected chi connectivity index (χ3v) is 3.81. The van der Waals surface area contributed by atoms with Crippen LogP contribution in [0.3, 0.4) is 0 Å². The van der Waals surface area contributed by atoms with Gasteiger partial charge < -0.3 is 5.32 Å². The summed E-state index contributed by atoms with van der Waals surface area (Å²) in [6, 6.07) is 7.44. The number of nitrogens with one attached hydrogen (secondary N) is 1. The molecule has 1 aromatic carbocycles. The fourth-order valence-corrected chi connectivity index (χ4v) is 2.70. The van der Waals surface area contributed by atoms with Crippen LogP contribution in [-0.4, -0.2) is 6.54 Å². The molecule has 1 unspecified atom stereocenters. The molecule has 88 valence electrons. The molecule has 0 spiro atoms. The number of benzene rings is 1. The van der Waals surface area contributed by atoms with Crippen LogP contribution >= 0.6 is 0 Å². The maximum Gasteiger partial charge on any atom is 0.0351 e. The molecule has 0 aromatic heterocycles. The molecule has 0 bridgehead atoms. The van der Waals surface area contributed by atoms with Crippen LogP contribution in [0.2, 0.25) is 0 Å². The SMILES string of the molecule is CCNC(c1ccc(C)cc1C)C1CCC1. The van der Waals surface area contributed by atoms with Crippen molar-refractivity contribution in [3.63, 3.8) is 0 Å². The van der Waals surface area contributed by atoms with Gasteiger partial charge in [0.15, 0.2) is 0 Å². The molecule has 0 aliphatic heterocycles. The third-order valence-electron chi connectivity index (χ3n) is 3.81. The first-order valence-electron chi connectivity index (χ1n) is 6.53. The summed E-state index contributed by atoms with van der Waals surface area (Å²) in [7, 11) is 0. The van der Waals surface area contributed by atoms with Crippen LogP contribution in [0.15, 0.2) is 18.2 Å². The first-order chi connectivity index (χ1) is 7.72. The Morgan fingerprint density at radius 2 is 2.06 bits per heavy atom. The van der Waals surface area contributed by atoms with Crippen molar-refractivity contribution in [2.75, 3.05) is 6.54 Å². The van der Waals surface area contributed by atoms with Crippen molar-refractivity contribution in [1.82, 2.24) is 5.32 Å². The van der Waals surface area contributed by atoms with E-state index in [0.29, 0.717) is 6.04 Å². The summed E-state index contributed by atoms with van der Waals surface area (Å²) in [5, 5.41) is 3.66. The smallest absolute Gasteiger partial charge is 0.0351 e. The van der Waals surface area contributed by atoms with Gasteiger partial charge in [0.25, 0.3) is 0 Å². The van der Waals surface area contributed by atoms with Gasteiger partial charge in [0.05, 0.1) is 0 Å².